The number of rotatable bonds is 6. The van der Waals surface area contributed by atoms with E-state index in [4.69, 9.17) is 15.6 Å². The Kier molecular flexibility index (Phi) is 12.5. The number of aromatic nitrogens is 2. The first-order chi connectivity index (χ1) is 17.5. The number of carbonyl (C=O) groups is 1. The number of primary amides is 1. The van der Waals surface area contributed by atoms with Crippen LogP contribution in [0.15, 0.2) is 67.0 Å². The zero-order chi connectivity index (χ0) is 28.2. The van der Waals surface area contributed by atoms with Crippen molar-refractivity contribution in [3.63, 3.8) is 0 Å². The Hall–Kier alpha value is -3.71. The van der Waals surface area contributed by atoms with Crippen LogP contribution in [0.25, 0.3) is 11.8 Å². The SMILES string of the molecule is C/C=C\C(/C=C\c1c(-n2cccn2)ccc(F)c1C)C(N)=O.CO.COc1ccc(C(C)(C)C)cc1C.[HH]. The van der Waals surface area contributed by atoms with Crippen molar-refractivity contribution < 1.29 is 20.5 Å². The Morgan fingerprint density at radius 1 is 1.19 bits per heavy atom. The summed E-state index contributed by atoms with van der Waals surface area (Å²) in [4.78, 5) is 11.4. The molecule has 7 heteroatoms. The van der Waals surface area contributed by atoms with Crippen LogP contribution < -0.4 is 10.5 Å². The largest absolute Gasteiger partial charge is 0.496 e. The van der Waals surface area contributed by atoms with Gasteiger partial charge in [0.05, 0.1) is 18.7 Å². The van der Waals surface area contributed by atoms with E-state index in [1.807, 2.05) is 13.0 Å². The van der Waals surface area contributed by atoms with Crippen molar-refractivity contribution in [2.24, 2.45) is 11.7 Å². The van der Waals surface area contributed by atoms with Gasteiger partial charge in [0.25, 0.3) is 0 Å². The van der Waals surface area contributed by atoms with E-state index < -0.39 is 11.8 Å². The van der Waals surface area contributed by atoms with Crippen LogP contribution >= 0.6 is 0 Å². The van der Waals surface area contributed by atoms with Gasteiger partial charge in [-0.2, -0.15) is 5.10 Å². The normalized spacial score (nSPS) is 11.9. The Balaban J connectivity index is 0.000000735. The second-order valence-electron chi connectivity index (χ2n) is 9.30. The molecule has 37 heavy (non-hydrogen) atoms. The highest BCUT2D eigenvalue weighted by molar-refractivity contribution is 5.82. The zero-order valence-corrected chi connectivity index (χ0v) is 23.1. The molecule has 6 nitrogen and oxygen atoms in total. The van der Waals surface area contributed by atoms with Crippen molar-refractivity contribution >= 4 is 12.0 Å². The number of aliphatic hydroxyl groups is 1. The van der Waals surface area contributed by atoms with E-state index in [-0.39, 0.29) is 12.7 Å². The molecule has 0 aliphatic rings. The minimum absolute atomic E-state index is 0. The molecular weight excluding hydrogens is 469 g/mol. The van der Waals surface area contributed by atoms with Gasteiger partial charge >= 0.3 is 0 Å². The predicted molar refractivity (Wildman–Crippen MR) is 151 cm³/mol. The lowest BCUT2D eigenvalue weighted by atomic mass is 9.86. The van der Waals surface area contributed by atoms with Crippen molar-refractivity contribution in [1.82, 2.24) is 9.78 Å². The second kappa shape index (κ2) is 14.8. The van der Waals surface area contributed by atoms with Crippen LogP contribution in [0.2, 0.25) is 0 Å². The molecule has 3 N–H and O–H groups in total. The van der Waals surface area contributed by atoms with Gasteiger partial charge in [-0.25, -0.2) is 9.07 Å². The number of carbonyl (C=O) groups excluding carboxylic acids is 1. The van der Waals surface area contributed by atoms with Crippen LogP contribution in [-0.4, -0.2) is 35.0 Å². The van der Waals surface area contributed by atoms with Crippen LogP contribution in [0, 0.1) is 25.6 Å². The molecule has 0 aliphatic carbocycles. The highest BCUT2D eigenvalue weighted by atomic mass is 19.1. The maximum atomic E-state index is 13.9. The predicted octanol–water partition coefficient (Wildman–Crippen LogP) is 6.17. The summed E-state index contributed by atoms with van der Waals surface area (Å²) in [5.74, 6) is -0.326. The monoisotopic (exact) mass is 511 g/mol. The van der Waals surface area contributed by atoms with Crippen molar-refractivity contribution in [1.29, 1.82) is 0 Å². The molecule has 0 bridgehead atoms. The van der Waals surface area contributed by atoms with E-state index in [0.717, 1.165) is 18.5 Å². The Labute approximate surface area is 221 Å². The number of hydrogen-bond acceptors (Lipinski definition) is 4. The van der Waals surface area contributed by atoms with Crippen molar-refractivity contribution in [2.75, 3.05) is 14.2 Å². The average molecular weight is 512 g/mol. The van der Waals surface area contributed by atoms with E-state index in [0.29, 0.717) is 11.1 Å². The quantitative estimate of drug-likeness (QED) is 0.388. The smallest absolute Gasteiger partial charge is 0.228 e. The Morgan fingerprint density at radius 3 is 2.35 bits per heavy atom. The van der Waals surface area contributed by atoms with Crippen LogP contribution in [0.4, 0.5) is 4.39 Å². The molecule has 2 aromatic carbocycles. The number of aryl methyl sites for hydroxylation is 1. The molecule has 0 saturated carbocycles. The summed E-state index contributed by atoms with van der Waals surface area (Å²) in [6, 6.07) is 11.2. The highest BCUT2D eigenvalue weighted by Crippen LogP contribution is 2.27. The van der Waals surface area contributed by atoms with Gasteiger partial charge in [-0.3, -0.25) is 4.79 Å². The van der Waals surface area contributed by atoms with E-state index in [1.165, 1.54) is 17.2 Å². The first-order valence-corrected chi connectivity index (χ1v) is 12.0. The number of allylic oxidation sites excluding steroid dienone is 1. The summed E-state index contributed by atoms with van der Waals surface area (Å²) >= 11 is 0. The lowest BCUT2D eigenvalue weighted by Crippen LogP contribution is -2.19. The molecule has 3 aromatic rings. The van der Waals surface area contributed by atoms with Gasteiger partial charge in [-0.05, 0) is 67.1 Å². The number of hydrogen-bond donors (Lipinski definition) is 2. The molecule has 1 atom stereocenters. The number of amides is 1. The maximum absolute atomic E-state index is 13.9. The molecular formula is C30H42FN3O3. The fourth-order valence-electron chi connectivity index (χ4n) is 3.52. The molecule has 1 unspecified atom stereocenters. The minimum atomic E-state index is -0.530. The molecule has 3 rings (SSSR count). The summed E-state index contributed by atoms with van der Waals surface area (Å²) in [6.45, 7) is 12.2. The number of benzene rings is 2. The van der Waals surface area contributed by atoms with Crippen LogP contribution in [0.5, 0.6) is 5.75 Å². The van der Waals surface area contributed by atoms with Gasteiger partial charge in [0.2, 0.25) is 5.91 Å². The van der Waals surface area contributed by atoms with Gasteiger partial charge in [-0.15, -0.1) is 0 Å². The van der Waals surface area contributed by atoms with Crippen molar-refractivity contribution in [3.05, 3.63) is 95.1 Å². The molecule has 1 aromatic heterocycles. The molecule has 1 amide bonds. The maximum Gasteiger partial charge on any atom is 0.228 e. The second-order valence-corrected chi connectivity index (χ2v) is 9.30. The molecule has 0 saturated heterocycles. The molecule has 0 radical (unpaired) electrons. The fourth-order valence-corrected chi connectivity index (χ4v) is 3.52. The Bertz CT molecular complexity index is 1200. The first kappa shape index (κ1) is 31.3. The number of halogens is 1. The molecule has 1 heterocycles. The van der Waals surface area contributed by atoms with Gasteiger partial charge in [0, 0.05) is 26.5 Å². The van der Waals surface area contributed by atoms with Gasteiger partial charge in [0.15, 0.2) is 0 Å². The van der Waals surface area contributed by atoms with Crippen LogP contribution in [0.1, 0.15) is 51.4 Å². The third kappa shape index (κ3) is 9.03. The van der Waals surface area contributed by atoms with E-state index in [1.54, 1.807) is 67.5 Å². The number of nitrogens with zero attached hydrogens (tertiary/aromatic N) is 2. The summed E-state index contributed by atoms with van der Waals surface area (Å²) in [5.41, 5.74) is 10.0. The number of aliphatic hydroxyl groups excluding tert-OH is 1. The Morgan fingerprint density at radius 2 is 1.86 bits per heavy atom. The number of ether oxygens (including phenoxy) is 1. The highest BCUT2D eigenvalue weighted by Gasteiger charge is 2.14. The average Bonchev–Trinajstić information content (AvgIpc) is 3.40. The third-order valence-electron chi connectivity index (χ3n) is 5.64. The molecule has 202 valence electrons. The lowest BCUT2D eigenvalue weighted by molar-refractivity contribution is -0.119. The lowest BCUT2D eigenvalue weighted by Gasteiger charge is -2.20. The molecule has 0 aliphatic heterocycles. The first-order valence-electron chi connectivity index (χ1n) is 12.0. The number of methoxy groups -OCH3 is 1. The van der Waals surface area contributed by atoms with E-state index >= 15 is 0 Å². The van der Waals surface area contributed by atoms with E-state index in [2.05, 4.69) is 44.9 Å². The van der Waals surface area contributed by atoms with Crippen molar-refractivity contribution in [2.45, 2.75) is 47.0 Å². The van der Waals surface area contributed by atoms with E-state index in [9.17, 15) is 9.18 Å². The van der Waals surface area contributed by atoms with Crippen LogP contribution in [0.3, 0.4) is 0 Å². The summed E-state index contributed by atoms with van der Waals surface area (Å²) < 4.78 is 20.7. The minimum Gasteiger partial charge on any atom is -0.496 e. The van der Waals surface area contributed by atoms with Gasteiger partial charge in [-0.1, -0.05) is 57.2 Å². The van der Waals surface area contributed by atoms with Gasteiger partial charge < -0.3 is 15.6 Å². The topological polar surface area (TPSA) is 90.4 Å². The zero-order valence-electron chi connectivity index (χ0n) is 23.1. The standard InChI is InChI=1S/C17H18FN3O.C12H18O.CH4O.H2/c1-3-5-13(17(19)22)6-7-14-12(2)15(18)8-9-16(14)21-11-4-10-20-21;1-9-8-10(12(2,3)4)6-7-11(9)13-5;1-2;/h3-11,13H,1-2H3,(H2,19,22);6-8H,1-5H3;2H,1H3;1H/b5-3-,7-6-;;;. The van der Waals surface area contributed by atoms with Crippen LogP contribution in [-0.2, 0) is 10.2 Å². The summed E-state index contributed by atoms with van der Waals surface area (Å²) in [5, 5.41) is 11.2. The molecule has 0 fully saturated rings. The molecule has 0 spiro atoms. The summed E-state index contributed by atoms with van der Waals surface area (Å²) in [7, 11) is 2.71. The van der Waals surface area contributed by atoms with Gasteiger partial charge in [0.1, 0.15) is 11.6 Å². The van der Waals surface area contributed by atoms with Crippen molar-refractivity contribution in [3.8, 4) is 11.4 Å². The summed E-state index contributed by atoms with van der Waals surface area (Å²) in [6.07, 6.45) is 10.3. The fraction of sp³-hybridized carbons (Fsp3) is 0.333. The third-order valence-corrected chi connectivity index (χ3v) is 5.64. The number of nitrogens with two attached hydrogens (primary N) is 1.